The van der Waals surface area contributed by atoms with Gasteiger partial charge in [-0.25, -0.2) is 0 Å². The molecule has 2 aliphatic rings. The van der Waals surface area contributed by atoms with Crippen LogP contribution in [-0.4, -0.2) is 48.2 Å². The normalized spacial score (nSPS) is 22.8. The minimum absolute atomic E-state index is 0.417. The van der Waals surface area contributed by atoms with Crippen molar-refractivity contribution in [2.45, 2.75) is 41.7 Å². The quantitative estimate of drug-likeness (QED) is 0.731. The maximum atomic E-state index is 13.3. The molecule has 0 aliphatic carbocycles. The Bertz CT molecular complexity index is 914. The zero-order valence-corrected chi connectivity index (χ0v) is 17.8. The first-order chi connectivity index (χ1) is 14.8. The largest absolute Gasteiger partial charge is 0.416 e. The van der Waals surface area contributed by atoms with E-state index in [9.17, 15) is 23.1 Å². The molecule has 2 aliphatic heterocycles. The summed E-state index contributed by atoms with van der Waals surface area (Å²) in [6, 6.07) is 12.2. The van der Waals surface area contributed by atoms with Crippen LogP contribution in [-0.2, 0) is 11.0 Å². The number of aliphatic hydroxyl groups is 1. The Labute approximate surface area is 184 Å². The highest BCUT2D eigenvalue weighted by molar-refractivity contribution is 7.99. The minimum atomic E-state index is -4.43. The van der Waals surface area contributed by atoms with Gasteiger partial charge in [0, 0.05) is 18.0 Å². The zero-order valence-electron chi connectivity index (χ0n) is 17.0. The van der Waals surface area contributed by atoms with Gasteiger partial charge in [0.05, 0.1) is 16.5 Å². The second-order valence-electron chi connectivity index (χ2n) is 7.96. The molecule has 0 aromatic heterocycles. The predicted octanol–water partition coefficient (Wildman–Crippen LogP) is 4.73. The number of hydrogen-bond donors (Lipinski definition) is 1. The number of aliphatic hydroxyl groups excluding tert-OH is 1. The van der Waals surface area contributed by atoms with Crippen molar-refractivity contribution in [2.75, 3.05) is 31.1 Å². The van der Waals surface area contributed by atoms with Gasteiger partial charge in [0.2, 0.25) is 0 Å². The van der Waals surface area contributed by atoms with Crippen LogP contribution in [0, 0.1) is 0 Å². The Kier molecular flexibility index (Phi) is 6.60. The van der Waals surface area contributed by atoms with Crippen molar-refractivity contribution in [3.8, 4) is 0 Å². The molecule has 1 amide bonds. The SMILES string of the molecule is O=C1[C@@H](O)[C@@H](c2ccc(C(F)(F)F)cc2)Sc2ccccc2N1CCN1CCCCC1. The summed E-state index contributed by atoms with van der Waals surface area (Å²) >= 11 is 1.31. The monoisotopic (exact) mass is 450 g/mol. The zero-order chi connectivity index (χ0) is 22.0. The molecule has 2 aromatic carbocycles. The number of carbonyl (C=O) groups excluding carboxylic acids is 1. The average molecular weight is 451 g/mol. The van der Waals surface area contributed by atoms with Crippen molar-refractivity contribution >= 4 is 23.4 Å². The van der Waals surface area contributed by atoms with Crippen molar-refractivity contribution in [3.63, 3.8) is 0 Å². The molecule has 8 heteroatoms. The van der Waals surface area contributed by atoms with E-state index in [1.807, 2.05) is 24.3 Å². The third-order valence-corrected chi connectivity index (χ3v) is 7.25. The van der Waals surface area contributed by atoms with Crippen molar-refractivity contribution in [2.24, 2.45) is 0 Å². The number of hydrogen-bond acceptors (Lipinski definition) is 4. The first-order valence-corrected chi connectivity index (χ1v) is 11.4. The molecule has 2 heterocycles. The molecule has 4 rings (SSSR count). The van der Waals surface area contributed by atoms with Crippen LogP contribution < -0.4 is 4.90 Å². The summed E-state index contributed by atoms with van der Waals surface area (Å²) in [5.41, 5.74) is 0.480. The molecule has 2 atom stereocenters. The molecule has 1 N–H and O–H groups in total. The average Bonchev–Trinajstić information content (AvgIpc) is 2.87. The summed E-state index contributed by atoms with van der Waals surface area (Å²) in [5, 5.41) is 10.2. The highest BCUT2D eigenvalue weighted by atomic mass is 32.2. The van der Waals surface area contributed by atoms with Gasteiger partial charge in [-0.2, -0.15) is 13.2 Å². The number of alkyl halides is 3. The summed E-state index contributed by atoms with van der Waals surface area (Å²) in [6.45, 7) is 3.21. The Morgan fingerprint density at radius 2 is 1.65 bits per heavy atom. The highest BCUT2D eigenvalue weighted by Gasteiger charge is 2.38. The van der Waals surface area contributed by atoms with Gasteiger partial charge in [0.15, 0.2) is 0 Å². The van der Waals surface area contributed by atoms with E-state index in [0.717, 1.165) is 55.2 Å². The van der Waals surface area contributed by atoms with Gasteiger partial charge in [-0.15, -0.1) is 11.8 Å². The molecule has 0 unspecified atom stereocenters. The van der Waals surface area contributed by atoms with Crippen LogP contribution in [0.15, 0.2) is 53.4 Å². The Balaban J connectivity index is 1.60. The fourth-order valence-electron chi connectivity index (χ4n) is 4.16. The van der Waals surface area contributed by atoms with E-state index in [2.05, 4.69) is 4.90 Å². The molecule has 0 radical (unpaired) electrons. The number of rotatable bonds is 4. The fourth-order valence-corrected chi connectivity index (χ4v) is 5.42. The second kappa shape index (κ2) is 9.22. The number of benzene rings is 2. The number of likely N-dealkylation sites (tertiary alicyclic amines) is 1. The number of amides is 1. The molecular formula is C23H25F3N2O2S. The number of carbonyl (C=O) groups is 1. The van der Waals surface area contributed by atoms with Gasteiger partial charge in [0.1, 0.15) is 6.10 Å². The van der Waals surface area contributed by atoms with Crippen LogP contribution in [0.3, 0.4) is 0 Å². The first kappa shape index (κ1) is 22.2. The van der Waals surface area contributed by atoms with Gasteiger partial charge in [-0.05, 0) is 55.8 Å². The smallest absolute Gasteiger partial charge is 0.382 e. The molecule has 0 bridgehead atoms. The standard InChI is InChI=1S/C23H25F3N2O2S/c24-23(25,26)17-10-8-16(9-11-17)21-20(29)22(30)28(15-14-27-12-4-1-5-13-27)18-6-2-3-7-19(18)31-21/h2-3,6-11,20-21,29H,1,4-5,12-15H2/t20-,21+/m0/s1. The van der Waals surface area contributed by atoms with E-state index in [-0.39, 0.29) is 0 Å². The molecular weight excluding hydrogens is 425 g/mol. The number of thioether (sulfide) groups is 1. The molecule has 0 saturated carbocycles. The van der Waals surface area contributed by atoms with Crippen molar-refractivity contribution in [1.82, 2.24) is 4.90 Å². The lowest BCUT2D eigenvalue weighted by atomic mass is 10.0. The molecule has 2 aromatic rings. The maximum absolute atomic E-state index is 13.3. The van der Waals surface area contributed by atoms with Gasteiger partial charge in [0.25, 0.3) is 5.91 Å². The topological polar surface area (TPSA) is 43.8 Å². The summed E-state index contributed by atoms with van der Waals surface area (Å²) in [6.07, 6.45) is -2.25. The van der Waals surface area contributed by atoms with E-state index in [1.165, 1.54) is 30.3 Å². The van der Waals surface area contributed by atoms with E-state index < -0.39 is 29.0 Å². The van der Waals surface area contributed by atoms with Gasteiger partial charge < -0.3 is 14.9 Å². The molecule has 1 fully saturated rings. The number of nitrogens with zero attached hydrogens (tertiary/aromatic N) is 2. The Morgan fingerprint density at radius 1 is 0.968 bits per heavy atom. The molecule has 1 saturated heterocycles. The molecule has 0 spiro atoms. The van der Waals surface area contributed by atoms with Crippen LogP contribution in [0.4, 0.5) is 18.9 Å². The number of anilines is 1. The third kappa shape index (κ3) is 4.91. The molecule has 4 nitrogen and oxygen atoms in total. The Morgan fingerprint density at radius 3 is 2.32 bits per heavy atom. The van der Waals surface area contributed by atoms with Crippen LogP contribution in [0.5, 0.6) is 0 Å². The lowest BCUT2D eigenvalue weighted by Gasteiger charge is -2.30. The van der Waals surface area contributed by atoms with E-state index >= 15 is 0 Å². The summed E-state index contributed by atoms with van der Waals surface area (Å²) in [4.78, 5) is 18.0. The summed E-state index contributed by atoms with van der Waals surface area (Å²) in [7, 11) is 0. The van der Waals surface area contributed by atoms with Crippen molar-refractivity contribution in [1.29, 1.82) is 0 Å². The fraction of sp³-hybridized carbons (Fsp3) is 0.435. The lowest BCUT2D eigenvalue weighted by Crippen LogP contribution is -2.45. The third-order valence-electron chi connectivity index (χ3n) is 5.87. The second-order valence-corrected chi connectivity index (χ2v) is 9.15. The number of para-hydroxylation sites is 1. The highest BCUT2D eigenvalue weighted by Crippen LogP contribution is 2.46. The van der Waals surface area contributed by atoms with E-state index in [4.69, 9.17) is 0 Å². The minimum Gasteiger partial charge on any atom is -0.382 e. The van der Waals surface area contributed by atoms with Gasteiger partial charge >= 0.3 is 6.18 Å². The lowest BCUT2D eigenvalue weighted by molar-refractivity contribution is -0.137. The van der Waals surface area contributed by atoms with Crippen LogP contribution in [0.25, 0.3) is 0 Å². The van der Waals surface area contributed by atoms with Gasteiger partial charge in [-0.3, -0.25) is 4.79 Å². The number of piperidine rings is 1. The molecule has 166 valence electrons. The van der Waals surface area contributed by atoms with Crippen LogP contribution in [0.1, 0.15) is 35.6 Å². The number of fused-ring (bicyclic) bond motifs is 1. The van der Waals surface area contributed by atoms with E-state index in [1.54, 1.807) is 4.90 Å². The number of halogens is 3. The van der Waals surface area contributed by atoms with Crippen molar-refractivity contribution in [3.05, 3.63) is 59.7 Å². The summed E-state index contributed by atoms with van der Waals surface area (Å²) in [5.74, 6) is -0.417. The predicted molar refractivity (Wildman–Crippen MR) is 115 cm³/mol. The first-order valence-electron chi connectivity index (χ1n) is 10.5. The van der Waals surface area contributed by atoms with E-state index in [0.29, 0.717) is 12.1 Å². The van der Waals surface area contributed by atoms with Crippen LogP contribution >= 0.6 is 11.8 Å². The van der Waals surface area contributed by atoms with Crippen LogP contribution in [0.2, 0.25) is 0 Å². The molecule has 31 heavy (non-hydrogen) atoms. The summed E-state index contributed by atoms with van der Waals surface area (Å²) < 4.78 is 38.8. The van der Waals surface area contributed by atoms with Crippen molar-refractivity contribution < 1.29 is 23.1 Å². The van der Waals surface area contributed by atoms with Gasteiger partial charge in [-0.1, -0.05) is 30.7 Å². The maximum Gasteiger partial charge on any atom is 0.416 e. The Hall–Kier alpha value is -2.03.